The van der Waals surface area contributed by atoms with E-state index in [1.165, 1.54) is 6.26 Å². The topological polar surface area (TPSA) is 89.2 Å². The number of carbonyl (C=O) groups is 2. The van der Waals surface area contributed by atoms with Crippen molar-refractivity contribution in [3.63, 3.8) is 0 Å². The van der Waals surface area contributed by atoms with Gasteiger partial charge in [0.25, 0.3) is 5.91 Å². The van der Waals surface area contributed by atoms with E-state index in [1.54, 1.807) is 12.1 Å². The molecule has 2 aromatic heterocycles. The quantitative estimate of drug-likeness (QED) is 0.628. The van der Waals surface area contributed by atoms with Crippen molar-refractivity contribution in [2.75, 3.05) is 11.9 Å². The summed E-state index contributed by atoms with van der Waals surface area (Å²) in [5.41, 5.74) is 3.30. The molecule has 2 N–H and O–H groups in total. The third kappa shape index (κ3) is 4.44. The number of aryl methyl sites for hydroxylation is 1. The van der Waals surface area contributed by atoms with Crippen LogP contribution in [0.4, 0.5) is 5.69 Å². The number of anilines is 1. The highest BCUT2D eigenvalue weighted by Crippen LogP contribution is 2.22. The van der Waals surface area contributed by atoms with Crippen LogP contribution in [0.3, 0.4) is 0 Å². The van der Waals surface area contributed by atoms with Gasteiger partial charge in [-0.15, -0.1) is 0 Å². The molecule has 7 nitrogen and oxygen atoms in total. The lowest BCUT2D eigenvalue weighted by atomic mass is 10.2. The van der Waals surface area contributed by atoms with Crippen molar-refractivity contribution in [3.8, 4) is 5.69 Å². The number of hydrogen-bond acceptors (Lipinski definition) is 4. The Morgan fingerprint density at radius 1 is 1.11 bits per heavy atom. The zero-order chi connectivity index (χ0) is 19.2. The SMILES string of the molecule is Cc1nn(-c2ccccc2)c(C)c1NC(=O)CCCNC(=O)c1ccco1. The Balaban J connectivity index is 1.52. The Kier molecular flexibility index (Phi) is 5.71. The van der Waals surface area contributed by atoms with E-state index in [0.29, 0.717) is 19.4 Å². The minimum absolute atomic E-state index is 0.110. The van der Waals surface area contributed by atoms with Crippen LogP contribution in [0.25, 0.3) is 5.69 Å². The fourth-order valence-corrected chi connectivity index (χ4v) is 2.79. The standard InChI is InChI=1S/C20H22N4O3/c1-14-19(15(2)24(23-14)16-8-4-3-5-9-16)22-18(25)11-6-12-21-20(26)17-10-7-13-27-17/h3-5,7-10,13H,6,11-12H2,1-2H3,(H,21,26)(H,22,25). The Hall–Kier alpha value is -3.35. The van der Waals surface area contributed by atoms with E-state index < -0.39 is 0 Å². The van der Waals surface area contributed by atoms with Gasteiger partial charge in [0.05, 0.1) is 29.0 Å². The molecule has 0 aliphatic rings. The maximum absolute atomic E-state index is 12.3. The highest BCUT2D eigenvalue weighted by molar-refractivity contribution is 5.92. The molecule has 7 heteroatoms. The first-order valence-corrected chi connectivity index (χ1v) is 8.79. The summed E-state index contributed by atoms with van der Waals surface area (Å²) in [4.78, 5) is 24.0. The van der Waals surface area contributed by atoms with Gasteiger partial charge in [0.15, 0.2) is 5.76 Å². The molecule has 0 unspecified atom stereocenters. The van der Waals surface area contributed by atoms with E-state index in [0.717, 1.165) is 22.8 Å². The number of benzene rings is 1. The van der Waals surface area contributed by atoms with Crippen molar-refractivity contribution in [3.05, 3.63) is 65.9 Å². The van der Waals surface area contributed by atoms with Crippen LogP contribution < -0.4 is 10.6 Å². The predicted molar refractivity (Wildman–Crippen MR) is 102 cm³/mol. The van der Waals surface area contributed by atoms with Crippen molar-refractivity contribution in [1.29, 1.82) is 0 Å². The predicted octanol–water partition coefficient (Wildman–Crippen LogP) is 3.23. The molecule has 2 amide bonds. The fraction of sp³-hybridized carbons (Fsp3) is 0.250. The van der Waals surface area contributed by atoms with Crippen LogP contribution >= 0.6 is 0 Å². The first-order valence-electron chi connectivity index (χ1n) is 8.79. The number of amides is 2. The number of carbonyl (C=O) groups excluding carboxylic acids is 2. The summed E-state index contributed by atoms with van der Waals surface area (Å²) >= 11 is 0. The summed E-state index contributed by atoms with van der Waals surface area (Å²) in [5, 5.41) is 10.2. The molecule has 0 fully saturated rings. The fourth-order valence-electron chi connectivity index (χ4n) is 2.79. The van der Waals surface area contributed by atoms with Crippen molar-refractivity contribution in [1.82, 2.24) is 15.1 Å². The molecule has 0 aliphatic carbocycles. The number of rotatable bonds is 7. The number of para-hydroxylation sites is 1. The van der Waals surface area contributed by atoms with Crippen molar-refractivity contribution < 1.29 is 14.0 Å². The smallest absolute Gasteiger partial charge is 0.286 e. The number of aromatic nitrogens is 2. The molecule has 3 aromatic rings. The minimum Gasteiger partial charge on any atom is -0.459 e. The van der Waals surface area contributed by atoms with Gasteiger partial charge in [-0.2, -0.15) is 5.10 Å². The third-order valence-corrected chi connectivity index (χ3v) is 4.17. The van der Waals surface area contributed by atoms with Crippen LogP contribution in [-0.2, 0) is 4.79 Å². The van der Waals surface area contributed by atoms with Gasteiger partial charge in [-0.1, -0.05) is 18.2 Å². The summed E-state index contributed by atoms with van der Waals surface area (Å²) in [6.07, 6.45) is 2.28. The van der Waals surface area contributed by atoms with Gasteiger partial charge in [0, 0.05) is 13.0 Å². The highest BCUT2D eigenvalue weighted by Gasteiger charge is 2.15. The van der Waals surface area contributed by atoms with Crippen LogP contribution in [0.5, 0.6) is 0 Å². The van der Waals surface area contributed by atoms with E-state index in [-0.39, 0.29) is 17.6 Å². The van der Waals surface area contributed by atoms with Crippen molar-refractivity contribution in [2.45, 2.75) is 26.7 Å². The van der Waals surface area contributed by atoms with Crippen LogP contribution in [-0.4, -0.2) is 28.1 Å². The van der Waals surface area contributed by atoms with E-state index in [2.05, 4.69) is 15.7 Å². The number of nitrogens with zero attached hydrogens (tertiary/aromatic N) is 2. The van der Waals surface area contributed by atoms with Gasteiger partial charge < -0.3 is 15.1 Å². The van der Waals surface area contributed by atoms with Gasteiger partial charge in [-0.05, 0) is 44.5 Å². The number of nitrogens with one attached hydrogen (secondary N) is 2. The lowest BCUT2D eigenvalue weighted by molar-refractivity contribution is -0.116. The summed E-state index contributed by atoms with van der Waals surface area (Å²) in [5.74, 6) is -0.128. The Morgan fingerprint density at radius 3 is 2.59 bits per heavy atom. The third-order valence-electron chi connectivity index (χ3n) is 4.17. The van der Waals surface area contributed by atoms with Crippen molar-refractivity contribution in [2.24, 2.45) is 0 Å². The maximum atomic E-state index is 12.3. The average Bonchev–Trinajstić information content (AvgIpc) is 3.30. The monoisotopic (exact) mass is 366 g/mol. The summed E-state index contributed by atoms with van der Waals surface area (Å²) in [6.45, 7) is 4.19. The largest absolute Gasteiger partial charge is 0.459 e. The number of hydrogen-bond donors (Lipinski definition) is 2. The van der Waals surface area contributed by atoms with Crippen LogP contribution in [0, 0.1) is 13.8 Å². The molecule has 0 bridgehead atoms. The van der Waals surface area contributed by atoms with E-state index in [9.17, 15) is 9.59 Å². The summed E-state index contributed by atoms with van der Waals surface area (Å²) in [7, 11) is 0. The van der Waals surface area contributed by atoms with Gasteiger partial charge in [-0.25, -0.2) is 4.68 Å². The first kappa shape index (κ1) is 18.4. The molecule has 0 radical (unpaired) electrons. The Morgan fingerprint density at radius 2 is 1.89 bits per heavy atom. The lowest BCUT2D eigenvalue weighted by Crippen LogP contribution is -2.25. The van der Waals surface area contributed by atoms with E-state index in [4.69, 9.17) is 4.42 Å². The molecule has 0 aliphatic heterocycles. The molecule has 0 saturated heterocycles. The average molecular weight is 366 g/mol. The molecular weight excluding hydrogens is 344 g/mol. The van der Waals surface area contributed by atoms with Gasteiger partial charge >= 0.3 is 0 Å². The zero-order valence-electron chi connectivity index (χ0n) is 15.4. The minimum atomic E-state index is -0.281. The first-order chi connectivity index (χ1) is 13.1. The molecule has 0 spiro atoms. The zero-order valence-corrected chi connectivity index (χ0v) is 15.4. The van der Waals surface area contributed by atoms with Gasteiger partial charge in [0.2, 0.25) is 5.91 Å². The molecule has 1 aromatic carbocycles. The van der Waals surface area contributed by atoms with Crippen LogP contribution in [0.2, 0.25) is 0 Å². The van der Waals surface area contributed by atoms with Gasteiger partial charge in [-0.3, -0.25) is 9.59 Å². The van der Waals surface area contributed by atoms with E-state index >= 15 is 0 Å². The molecule has 0 atom stereocenters. The summed E-state index contributed by atoms with van der Waals surface area (Å²) < 4.78 is 6.83. The highest BCUT2D eigenvalue weighted by atomic mass is 16.3. The summed E-state index contributed by atoms with van der Waals surface area (Å²) in [6, 6.07) is 13.0. The molecular formula is C20H22N4O3. The normalized spacial score (nSPS) is 10.6. The second-order valence-corrected chi connectivity index (χ2v) is 6.18. The Labute approximate surface area is 157 Å². The van der Waals surface area contributed by atoms with Crippen molar-refractivity contribution >= 4 is 17.5 Å². The lowest BCUT2D eigenvalue weighted by Gasteiger charge is -2.07. The molecule has 0 saturated carbocycles. The van der Waals surface area contributed by atoms with Crippen LogP contribution in [0.15, 0.2) is 53.1 Å². The van der Waals surface area contributed by atoms with E-state index in [1.807, 2.05) is 48.9 Å². The molecule has 140 valence electrons. The molecule has 27 heavy (non-hydrogen) atoms. The maximum Gasteiger partial charge on any atom is 0.286 e. The molecule has 3 rings (SSSR count). The van der Waals surface area contributed by atoms with Crippen LogP contribution in [0.1, 0.15) is 34.8 Å². The second-order valence-electron chi connectivity index (χ2n) is 6.18. The Bertz CT molecular complexity index is 914. The molecule has 2 heterocycles. The number of furan rings is 1. The second kappa shape index (κ2) is 8.35. The van der Waals surface area contributed by atoms with Gasteiger partial charge in [0.1, 0.15) is 0 Å².